The van der Waals surface area contributed by atoms with Crippen LogP contribution in [0.2, 0.25) is 0 Å². The molecule has 0 unspecified atom stereocenters. The molecule has 1 saturated carbocycles. The van der Waals surface area contributed by atoms with E-state index in [-0.39, 0.29) is 36.6 Å². The first-order valence-electron chi connectivity index (χ1n) is 9.36. The second kappa shape index (κ2) is 9.94. The van der Waals surface area contributed by atoms with Gasteiger partial charge in [-0.25, -0.2) is 4.79 Å². The summed E-state index contributed by atoms with van der Waals surface area (Å²) < 4.78 is 5.06. The van der Waals surface area contributed by atoms with Crippen LogP contribution < -0.4 is 10.2 Å². The molecule has 26 heavy (non-hydrogen) atoms. The van der Waals surface area contributed by atoms with E-state index in [4.69, 9.17) is 4.74 Å². The smallest absolute Gasteiger partial charge is 0.340 e. The van der Waals surface area contributed by atoms with Crippen molar-refractivity contribution in [1.82, 2.24) is 5.32 Å². The quantitative estimate of drug-likeness (QED) is 0.625. The number of amides is 2. The molecule has 0 saturated heterocycles. The average molecular weight is 360 g/mol. The van der Waals surface area contributed by atoms with E-state index in [1.807, 2.05) is 0 Å². The molecule has 1 aromatic rings. The van der Waals surface area contributed by atoms with Gasteiger partial charge in [0, 0.05) is 13.0 Å². The summed E-state index contributed by atoms with van der Waals surface area (Å²) in [6.45, 7) is 3.25. The molecule has 6 heteroatoms. The van der Waals surface area contributed by atoms with Gasteiger partial charge < -0.3 is 15.0 Å². The minimum atomic E-state index is -0.501. The van der Waals surface area contributed by atoms with Crippen LogP contribution in [0.5, 0.6) is 0 Å². The Hall–Kier alpha value is -2.37. The second-order valence-corrected chi connectivity index (χ2v) is 6.60. The maximum Gasteiger partial charge on any atom is 0.340 e. The van der Waals surface area contributed by atoms with Crippen LogP contribution in [0.15, 0.2) is 24.3 Å². The van der Waals surface area contributed by atoms with Crippen molar-refractivity contribution in [3.05, 3.63) is 29.8 Å². The van der Waals surface area contributed by atoms with Gasteiger partial charge in [-0.15, -0.1) is 0 Å². The maximum atomic E-state index is 12.5. The number of rotatable bonds is 6. The van der Waals surface area contributed by atoms with E-state index < -0.39 is 5.97 Å². The molecule has 1 fully saturated rings. The Kier molecular flexibility index (Phi) is 7.63. The zero-order chi connectivity index (χ0) is 18.9. The Bertz CT molecular complexity index is 636. The standard InChI is InChI=1S/C20H28N2O4/c1-3-26-20(25)17-12-8-9-13-18(17)22(15(2)23)14-19(24)21-16-10-6-4-5-7-11-16/h8-9,12-13,16H,3-7,10-11,14H2,1-2H3,(H,21,24). The predicted molar refractivity (Wildman–Crippen MR) is 100 cm³/mol. The number of carbonyl (C=O) groups excluding carboxylic acids is 3. The van der Waals surface area contributed by atoms with E-state index in [0.717, 1.165) is 25.7 Å². The number of benzene rings is 1. The van der Waals surface area contributed by atoms with Crippen molar-refractivity contribution in [3.8, 4) is 0 Å². The number of nitrogens with zero attached hydrogens (tertiary/aromatic N) is 1. The predicted octanol–water partition coefficient (Wildman–Crippen LogP) is 3.06. The number of hydrogen-bond donors (Lipinski definition) is 1. The molecule has 0 aromatic heterocycles. The van der Waals surface area contributed by atoms with Gasteiger partial charge in [-0.1, -0.05) is 37.8 Å². The van der Waals surface area contributed by atoms with Gasteiger partial charge in [0.1, 0.15) is 6.54 Å². The monoisotopic (exact) mass is 360 g/mol. The highest BCUT2D eigenvalue weighted by Gasteiger charge is 2.23. The number of carbonyl (C=O) groups is 3. The van der Waals surface area contributed by atoms with Crippen molar-refractivity contribution in [2.75, 3.05) is 18.1 Å². The Balaban J connectivity index is 2.12. The summed E-state index contributed by atoms with van der Waals surface area (Å²) in [7, 11) is 0. The van der Waals surface area contributed by atoms with E-state index in [2.05, 4.69) is 5.32 Å². The molecule has 1 aliphatic carbocycles. The largest absolute Gasteiger partial charge is 0.462 e. The highest BCUT2D eigenvalue weighted by molar-refractivity contribution is 6.04. The van der Waals surface area contributed by atoms with Crippen LogP contribution in [0.4, 0.5) is 5.69 Å². The van der Waals surface area contributed by atoms with Gasteiger partial charge in [-0.3, -0.25) is 9.59 Å². The van der Waals surface area contributed by atoms with Crippen LogP contribution in [0, 0.1) is 0 Å². The van der Waals surface area contributed by atoms with E-state index in [1.54, 1.807) is 31.2 Å². The second-order valence-electron chi connectivity index (χ2n) is 6.60. The Morgan fingerprint density at radius 2 is 1.77 bits per heavy atom. The van der Waals surface area contributed by atoms with E-state index >= 15 is 0 Å². The topological polar surface area (TPSA) is 75.7 Å². The number of para-hydroxylation sites is 1. The van der Waals surface area contributed by atoms with Gasteiger partial charge in [-0.2, -0.15) is 0 Å². The van der Waals surface area contributed by atoms with Crippen molar-refractivity contribution in [2.45, 2.75) is 58.4 Å². The number of esters is 1. The minimum absolute atomic E-state index is 0.109. The maximum absolute atomic E-state index is 12.5. The lowest BCUT2D eigenvalue weighted by Crippen LogP contribution is -2.44. The molecule has 2 amide bonds. The third kappa shape index (κ3) is 5.58. The molecule has 6 nitrogen and oxygen atoms in total. The number of anilines is 1. The third-order valence-corrected chi connectivity index (χ3v) is 4.59. The lowest BCUT2D eigenvalue weighted by Gasteiger charge is -2.24. The molecule has 1 aromatic carbocycles. The van der Waals surface area contributed by atoms with E-state index in [0.29, 0.717) is 5.69 Å². The summed E-state index contributed by atoms with van der Waals surface area (Å²) >= 11 is 0. The van der Waals surface area contributed by atoms with Gasteiger partial charge in [0.2, 0.25) is 11.8 Å². The summed E-state index contributed by atoms with van der Waals surface area (Å²) in [4.78, 5) is 38.2. The van der Waals surface area contributed by atoms with E-state index in [1.165, 1.54) is 24.7 Å². The molecule has 0 aliphatic heterocycles. The summed E-state index contributed by atoms with van der Waals surface area (Å²) in [6.07, 6.45) is 6.61. The molecule has 1 aliphatic rings. The van der Waals surface area contributed by atoms with Crippen LogP contribution in [0.1, 0.15) is 62.7 Å². The molecule has 0 bridgehead atoms. The Morgan fingerprint density at radius 3 is 2.38 bits per heavy atom. The molecule has 0 radical (unpaired) electrons. The van der Waals surface area contributed by atoms with Crippen molar-refractivity contribution in [3.63, 3.8) is 0 Å². The normalized spacial score (nSPS) is 15.0. The van der Waals surface area contributed by atoms with Crippen molar-refractivity contribution >= 4 is 23.5 Å². The van der Waals surface area contributed by atoms with Crippen molar-refractivity contribution in [2.24, 2.45) is 0 Å². The SMILES string of the molecule is CCOC(=O)c1ccccc1N(CC(=O)NC1CCCCCC1)C(C)=O. The van der Waals surface area contributed by atoms with Crippen LogP contribution in [-0.4, -0.2) is 37.0 Å². The molecule has 0 heterocycles. The van der Waals surface area contributed by atoms with Crippen LogP contribution in [0.3, 0.4) is 0 Å². The van der Waals surface area contributed by atoms with Gasteiger partial charge in [-0.05, 0) is 31.9 Å². The number of ether oxygens (including phenoxy) is 1. The summed E-state index contributed by atoms with van der Waals surface area (Å²) in [6, 6.07) is 6.87. The van der Waals surface area contributed by atoms with E-state index in [9.17, 15) is 14.4 Å². The third-order valence-electron chi connectivity index (χ3n) is 4.59. The zero-order valence-corrected chi connectivity index (χ0v) is 15.6. The highest BCUT2D eigenvalue weighted by Crippen LogP contribution is 2.22. The zero-order valence-electron chi connectivity index (χ0n) is 15.6. The van der Waals surface area contributed by atoms with Gasteiger partial charge in [0.15, 0.2) is 0 Å². The van der Waals surface area contributed by atoms with Gasteiger partial charge in [0.05, 0.1) is 17.9 Å². The first kappa shape index (κ1) is 19.9. The molecular weight excluding hydrogens is 332 g/mol. The first-order chi connectivity index (χ1) is 12.5. The van der Waals surface area contributed by atoms with Crippen molar-refractivity contribution in [1.29, 1.82) is 0 Å². The Labute approximate surface area is 154 Å². The minimum Gasteiger partial charge on any atom is -0.462 e. The van der Waals surface area contributed by atoms with Crippen LogP contribution in [-0.2, 0) is 14.3 Å². The van der Waals surface area contributed by atoms with Gasteiger partial charge in [0.25, 0.3) is 0 Å². The first-order valence-corrected chi connectivity index (χ1v) is 9.36. The van der Waals surface area contributed by atoms with Crippen LogP contribution >= 0.6 is 0 Å². The number of hydrogen-bond acceptors (Lipinski definition) is 4. The van der Waals surface area contributed by atoms with Gasteiger partial charge >= 0.3 is 5.97 Å². The van der Waals surface area contributed by atoms with Crippen LogP contribution in [0.25, 0.3) is 0 Å². The lowest BCUT2D eigenvalue weighted by molar-refractivity contribution is -0.123. The molecule has 0 spiro atoms. The number of nitrogens with one attached hydrogen (secondary N) is 1. The molecule has 0 atom stereocenters. The summed E-state index contributed by atoms with van der Waals surface area (Å²) in [5, 5.41) is 3.04. The fourth-order valence-corrected chi connectivity index (χ4v) is 3.30. The fraction of sp³-hybridized carbons (Fsp3) is 0.550. The Morgan fingerprint density at radius 1 is 1.12 bits per heavy atom. The highest BCUT2D eigenvalue weighted by atomic mass is 16.5. The molecule has 142 valence electrons. The molecule has 2 rings (SSSR count). The lowest BCUT2D eigenvalue weighted by atomic mass is 10.1. The summed E-state index contributed by atoms with van der Waals surface area (Å²) in [5.41, 5.74) is 0.682. The fourth-order valence-electron chi connectivity index (χ4n) is 3.30. The molecular formula is C20H28N2O4. The average Bonchev–Trinajstić information content (AvgIpc) is 2.88. The van der Waals surface area contributed by atoms with Crippen molar-refractivity contribution < 1.29 is 19.1 Å². The molecule has 1 N–H and O–H groups in total. The summed E-state index contributed by atoms with van der Waals surface area (Å²) in [5.74, 6) is -0.998.